The minimum atomic E-state index is -3.68. The Labute approximate surface area is 163 Å². The fourth-order valence-electron chi connectivity index (χ4n) is 2.52. The van der Waals surface area contributed by atoms with Gasteiger partial charge in [-0.2, -0.15) is 0 Å². The molecule has 27 heavy (non-hydrogen) atoms. The normalized spacial score (nSPS) is 11.5. The number of nitrogens with one attached hydrogen (secondary N) is 1. The van der Waals surface area contributed by atoms with E-state index >= 15 is 0 Å². The summed E-state index contributed by atoms with van der Waals surface area (Å²) in [6, 6.07) is 16.3. The molecule has 0 bridgehead atoms. The lowest BCUT2D eigenvalue weighted by molar-refractivity contribution is 0.343. The van der Waals surface area contributed by atoms with Crippen molar-refractivity contribution in [2.24, 2.45) is 5.14 Å². The summed E-state index contributed by atoms with van der Waals surface area (Å²) in [5.41, 5.74) is 3.35. The van der Waals surface area contributed by atoms with Crippen molar-refractivity contribution >= 4 is 21.8 Å². The number of ether oxygens (including phenoxy) is 1. The van der Waals surface area contributed by atoms with Gasteiger partial charge in [-0.15, -0.1) is 0 Å². The van der Waals surface area contributed by atoms with Gasteiger partial charge in [0.05, 0.1) is 17.2 Å². The molecule has 0 amide bonds. The fraction of sp³-hybridized carbons (Fsp3) is 0.211. The van der Waals surface area contributed by atoms with E-state index in [-0.39, 0.29) is 4.90 Å². The average molecular weight is 404 g/mol. The van der Waals surface area contributed by atoms with Crippen LogP contribution in [0.5, 0.6) is 5.75 Å². The first-order chi connectivity index (χ1) is 12.9. The van der Waals surface area contributed by atoms with Crippen LogP contribution in [-0.4, -0.2) is 30.7 Å². The number of aromatic amines is 1. The summed E-state index contributed by atoms with van der Waals surface area (Å²) in [6.07, 6.45) is 0.802. The molecular formula is C19H21N3O3S2. The lowest BCUT2D eigenvalue weighted by Gasteiger charge is -2.06. The van der Waals surface area contributed by atoms with E-state index in [4.69, 9.17) is 9.88 Å². The van der Waals surface area contributed by atoms with Crippen molar-refractivity contribution in [3.63, 3.8) is 0 Å². The number of primary sulfonamides is 1. The highest BCUT2D eigenvalue weighted by Gasteiger charge is 2.09. The quantitative estimate of drug-likeness (QED) is 0.445. The topological polar surface area (TPSA) is 98.1 Å². The van der Waals surface area contributed by atoms with Crippen LogP contribution in [-0.2, 0) is 16.4 Å². The molecule has 0 aliphatic heterocycles. The Kier molecular flexibility index (Phi) is 6.20. The van der Waals surface area contributed by atoms with Crippen molar-refractivity contribution < 1.29 is 13.2 Å². The van der Waals surface area contributed by atoms with Crippen molar-refractivity contribution in [2.75, 3.05) is 12.4 Å². The highest BCUT2D eigenvalue weighted by molar-refractivity contribution is 7.99. The molecule has 0 aliphatic rings. The van der Waals surface area contributed by atoms with Gasteiger partial charge in [-0.05, 0) is 36.8 Å². The third-order valence-corrected chi connectivity index (χ3v) is 5.69. The Balaban J connectivity index is 1.49. The van der Waals surface area contributed by atoms with E-state index in [1.54, 1.807) is 23.9 Å². The zero-order valence-corrected chi connectivity index (χ0v) is 16.5. The molecule has 8 heteroatoms. The van der Waals surface area contributed by atoms with Gasteiger partial charge in [0.2, 0.25) is 10.0 Å². The van der Waals surface area contributed by atoms with Crippen LogP contribution < -0.4 is 9.88 Å². The Bertz CT molecular complexity index is 985. The monoisotopic (exact) mass is 403 g/mol. The number of aromatic nitrogens is 2. The first-order valence-electron chi connectivity index (χ1n) is 8.40. The Morgan fingerprint density at radius 1 is 1.11 bits per heavy atom. The number of benzene rings is 2. The highest BCUT2D eigenvalue weighted by atomic mass is 32.2. The van der Waals surface area contributed by atoms with Crippen molar-refractivity contribution in [1.82, 2.24) is 9.97 Å². The standard InChI is InChI=1S/C19H21N3O3S2/c1-14-18(13-15-5-3-2-4-6-15)22-19(21-14)26-12-11-25-16-7-9-17(10-8-16)27(20,23)24/h2-10H,11-13H2,1H3,(H,21,22)(H2,20,23,24). The van der Waals surface area contributed by atoms with Crippen LogP contribution in [0, 0.1) is 6.92 Å². The minimum absolute atomic E-state index is 0.0706. The maximum Gasteiger partial charge on any atom is 0.238 e. The number of rotatable bonds is 8. The van der Waals surface area contributed by atoms with Crippen molar-refractivity contribution in [3.05, 3.63) is 71.5 Å². The number of sulfonamides is 1. The summed E-state index contributed by atoms with van der Waals surface area (Å²) in [4.78, 5) is 8.03. The molecule has 1 heterocycles. The van der Waals surface area contributed by atoms with E-state index in [0.717, 1.165) is 23.0 Å². The lowest BCUT2D eigenvalue weighted by Crippen LogP contribution is -2.11. The highest BCUT2D eigenvalue weighted by Crippen LogP contribution is 2.20. The van der Waals surface area contributed by atoms with Crippen LogP contribution in [0.2, 0.25) is 0 Å². The Hall–Kier alpha value is -2.29. The van der Waals surface area contributed by atoms with Crippen molar-refractivity contribution in [2.45, 2.75) is 23.4 Å². The number of H-pyrrole nitrogens is 1. The molecular weight excluding hydrogens is 382 g/mol. The molecule has 0 spiro atoms. The Morgan fingerprint density at radius 3 is 2.48 bits per heavy atom. The summed E-state index contributed by atoms with van der Waals surface area (Å²) in [6.45, 7) is 2.51. The third kappa shape index (κ3) is 5.59. The van der Waals surface area contributed by atoms with Gasteiger partial charge in [-0.25, -0.2) is 18.5 Å². The largest absolute Gasteiger partial charge is 0.493 e. The van der Waals surface area contributed by atoms with Crippen LogP contribution in [0.4, 0.5) is 0 Å². The van der Waals surface area contributed by atoms with Gasteiger partial charge in [-0.3, -0.25) is 0 Å². The predicted molar refractivity (Wildman–Crippen MR) is 107 cm³/mol. The smallest absolute Gasteiger partial charge is 0.238 e. The van der Waals surface area contributed by atoms with Gasteiger partial charge < -0.3 is 9.72 Å². The number of hydrogen-bond donors (Lipinski definition) is 2. The maximum atomic E-state index is 11.2. The van der Waals surface area contributed by atoms with Crippen molar-refractivity contribution in [3.8, 4) is 5.75 Å². The van der Waals surface area contributed by atoms with Crippen LogP contribution in [0.1, 0.15) is 17.0 Å². The summed E-state index contributed by atoms with van der Waals surface area (Å²) < 4.78 is 28.1. The molecule has 0 aliphatic carbocycles. The molecule has 0 saturated heterocycles. The predicted octanol–water partition coefficient (Wildman–Crippen LogP) is 3.13. The molecule has 142 valence electrons. The minimum Gasteiger partial charge on any atom is -0.493 e. The second-order valence-electron chi connectivity index (χ2n) is 5.99. The number of thioether (sulfide) groups is 1. The summed E-state index contributed by atoms with van der Waals surface area (Å²) >= 11 is 1.59. The van der Waals surface area contributed by atoms with E-state index in [9.17, 15) is 8.42 Å². The van der Waals surface area contributed by atoms with Crippen LogP contribution >= 0.6 is 11.8 Å². The third-order valence-electron chi connectivity index (χ3n) is 3.92. The average Bonchev–Trinajstić information content (AvgIpc) is 2.99. The maximum absolute atomic E-state index is 11.2. The summed E-state index contributed by atoms with van der Waals surface area (Å²) in [5.74, 6) is 1.32. The first kappa shape index (κ1) is 19.5. The molecule has 0 fully saturated rings. The SMILES string of the molecule is Cc1[nH]c(SCCOc2ccc(S(N)(=O)=O)cc2)nc1Cc1ccccc1. The van der Waals surface area contributed by atoms with Gasteiger partial charge in [0.1, 0.15) is 5.75 Å². The molecule has 3 aromatic rings. The first-order valence-corrected chi connectivity index (χ1v) is 10.9. The molecule has 6 nitrogen and oxygen atoms in total. The van der Waals surface area contributed by atoms with Gasteiger partial charge >= 0.3 is 0 Å². The number of hydrogen-bond acceptors (Lipinski definition) is 5. The van der Waals surface area contributed by atoms with Gasteiger partial charge in [0.25, 0.3) is 0 Å². The molecule has 0 unspecified atom stereocenters. The number of nitrogens with zero attached hydrogens (tertiary/aromatic N) is 1. The van der Waals surface area contributed by atoms with Crippen LogP contribution in [0.25, 0.3) is 0 Å². The van der Waals surface area contributed by atoms with Gasteiger partial charge in [0, 0.05) is 17.9 Å². The van der Waals surface area contributed by atoms with Crippen LogP contribution in [0.3, 0.4) is 0 Å². The molecule has 0 saturated carbocycles. The lowest BCUT2D eigenvalue weighted by atomic mass is 10.1. The molecule has 1 aromatic heterocycles. The second-order valence-corrected chi connectivity index (χ2v) is 8.63. The molecule has 3 N–H and O–H groups in total. The molecule has 3 rings (SSSR count). The van der Waals surface area contributed by atoms with Crippen molar-refractivity contribution in [1.29, 1.82) is 0 Å². The fourth-order valence-corrected chi connectivity index (χ4v) is 3.80. The van der Waals surface area contributed by atoms with Crippen LogP contribution in [0.15, 0.2) is 64.6 Å². The number of aryl methyl sites for hydroxylation is 1. The van der Waals surface area contributed by atoms with E-state index < -0.39 is 10.0 Å². The zero-order valence-electron chi connectivity index (χ0n) is 14.9. The summed E-state index contributed by atoms with van der Waals surface area (Å²) in [7, 11) is -3.68. The molecule has 0 atom stereocenters. The van der Waals surface area contributed by atoms with Gasteiger partial charge in [0.15, 0.2) is 5.16 Å². The Morgan fingerprint density at radius 2 is 1.81 bits per heavy atom. The van der Waals surface area contributed by atoms with Gasteiger partial charge in [-0.1, -0.05) is 42.1 Å². The van der Waals surface area contributed by atoms with E-state index in [0.29, 0.717) is 18.1 Å². The summed E-state index contributed by atoms with van der Waals surface area (Å²) in [5, 5.41) is 5.94. The second kappa shape index (κ2) is 8.60. The van der Waals surface area contributed by atoms with E-state index in [2.05, 4.69) is 22.1 Å². The van der Waals surface area contributed by atoms with E-state index in [1.165, 1.54) is 17.7 Å². The molecule has 0 radical (unpaired) electrons. The number of imidazole rings is 1. The zero-order chi connectivity index (χ0) is 19.3. The number of nitrogens with two attached hydrogens (primary N) is 1. The van der Waals surface area contributed by atoms with E-state index in [1.807, 2.05) is 25.1 Å². The molecule has 2 aromatic carbocycles.